The SMILES string of the molecule is CCNC(=O)c1sc(NCCCC(C)C)c(C(N)=O)c1N. The van der Waals surface area contributed by atoms with E-state index < -0.39 is 5.91 Å². The fourth-order valence-corrected chi connectivity index (χ4v) is 3.00. The average molecular weight is 312 g/mol. The third-order valence-corrected chi connectivity index (χ3v) is 4.14. The summed E-state index contributed by atoms with van der Waals surface area (Å²) in [5.41, 5.74) is 11.6. The molecule has 0 unspecified atom stereocenters. The number of amides is 2. The monoisotopic (exact) mass is 312 g/mol. The third kappa shape index (κ3) is 4.63. The van der Waals surface area contributed by atoms with Crippen LogP contribution in [0.3, 0.4) is 0 Å². The van der Waals surface area contributed by atoms with E-state index in [4.69, 9.17) is 11.5 Å². The van der Waals surface area contributed by atoms with Crippen LogP contribution in [0.4, 0.5) is 10.7 Å². The maximum absolute atomic E-state index is 11.9. The van der Waals surface area contributed by atoms with Gasteiger partial charge in [-0.15, -0.1) is 11.3 Å². The normalized spacial score (nSPS) is 10.7. The molecule has 6 N–H and O–H groups in total. The Kier molecular flexibility index (Phi) is 6.48. The van der Waals surface area contributed by atoms with E-state index in [1.54, 1.807) is 0 Å². The number of carbonyl (C=O) groups excluding carboxylic acids is 2. The second-order valence-corrected chi connectivity index (χ2v) is 6.26. The van der Waals surface area contributed by atoms with Gasteiger partial charge in [0.2, 0.25) is 0 Å². The van der Waals surface area contributed by atoms with E-state index in [1.807, 2.05) is 6.92 Å². The zero-order chi connectivity index (χ0) is 16.0. The lowest BCUT2D eigenvalue weighted by Crippen LogP contribution is -2.23. The highest BCUT2D eigenvalue weighted by Gasteiger charge is 2.23. The van der Waals surface area contributed by atoms with Gasteiger partial charge in [0.05, 0.1) is 11.3 Å². The van der Waals surface area contributed by atoms with Crippen LogP contribution < -0.4 is 22.1 Å². The molecule has 6 nitrogen and oxygen atoms in total. The zero-order valence-corrected chi connectivity index (χ0v) is 13.6. The van der Waals surface area contributed by atoms with Gasteiger partial charge in [-0.3, -0.25) is 9.59 Å². The Morgan fingerprint density at radius 3 is 2.52 bits per heavy atom. The highest BCUT2D eigenvalue weighted by Crippen LogP contribution is 2.35. The van der Waals surface area contributed by atoms with Gasteiger partial charge in [0.25, 0.3) is 11.8 Å². The number of hydrogen-bond acceptors (Lipinski definition) is 5. The molecular formula is C14H24N4O2S. The topological polar surface area (TPSA) is 110 Å². The third-order valence-electron chi connectivity index (χ3n) is 2.98. The van der Waals surface area contributed by atoms with Gasteiger partial charge in [0.15, 0.2) is 0 Å². The summed E-state index contributed by atoms with van der Waals surface area (Å²) in [4.78, 5) is 23.8. The molecule has 0 aliphatic heterocycles. The minimum Gasteiger partial charge on any atom is -0.397 e. The van der Waals surface area contributed by atoms with Crippen molar-refractivity contribution in [3.05, 3.63) is 10.4 Å². The quantitative estimate of drug-likeness (QED) is 0.550. The molecule has 0 saturated heterocycles. The van der Waals surface area contributed by atoms with Crippen molar-refractivity contribution in [3.8, 4) is 0 Å². The second-order valence-electron chi connectivity index (χ2n) is 5.24. The standard InChI is InChI=1S/C14H24N4O2S/c1-4-17-13(20)11-10(15)9(12(16)19)14(21-11)18-7-5-6-8(2)3/h8,18H,4-7,15H2,1-3H3,(H2,16,19)(H,17,20). The van der Waals surface area contributed by atoms with Crippen molar-refractivity contribution in [3.63, 3.8) is 0 Å². The molecule has 118 valence electrons. The predicted molar refractivity (Wildman–Crippen MR) is 87.8 cm³/mol. The van der Waals surface area contributed by atoms with Crippen LogP contribution in [0, 0.1) is 5.92 Å². The second kappa shape index (κ2) is 7.87. The molecule has 0 saturated carbocycles. The largest absolute Gasteiger partial charge is 0.397 e. The smallest absolute Gasteiger partial charge is 0.263 e. The van der Waals surface area contributed by atoms with Crippen LogP contribution in [-0.4, -0.2) is 24.9 Å². The Balaban J connectivity index is 2.89. The highest BCUT2D eigenvalue weighted by molar-refractivity contribution is 7.19. The van der Waals surface area contributed by atoms with Crippen LogP contribution in [0.15, 0.2) is 0 Å². The molecule has 0 bridgehead atoms. The Labute approximate surface area is 129 Å². The fraction of sp³-hybridized carbons (Fsp3) is 0.571. The molecule has 21 heavy (non-hydrogen) atoms. The van der Waals surface area contributed by atoms with E-state index in [-0.39, 0.29) is 17.2 Å². The lowest BCUT2D eigenvalue weighted by Gasteiger charge is -2.07. The van der Waals surface area contributed by atoms with Gasteiger partial charge in [0, 0.05) is 13.1 Å². The van der Waals surface area contributed by atoms with Crippen molar-refractivity contribution in [2.24, 2.45) is 11.7 Å². The molecule has 0 fully saturated rings. The van der Waals surface area contributed by atoms with Gasteiger partial charge in [-0.2, -0.15) is 0 Å². The molecule has 0 aliphatic rings. The van der Waals surface area contributed by atoms with Gasteiger partial charge in [-0.25, -0.2) is 0 Å². The van der Waals surface area contributed by atoms with Gasteiger partial charge in [-0.05, 0) is 25.7 Å². The number of carbonyl (C=O) groups is 2. The Bertz CT molecular complexity index is 511. The summed E-state index contributed by atoms with van der Waals surface area (Å²) < 4.78 is 0. The first-order valence-electron chi connectivity index (χ1n) is 7.12. The molecule has 0 aromatic carbocycles. The number of hydrogen-bond donors (Lipinski definition) is 4. The van der Waals surface area contributed by atoms with Crippen LogP contribution >= 0.6 is 11.3 Å². The number of nitrogens with two attached hydrogens (primary N) is 2. The number of primary amides is 1. The van der Waals surface area contributed by atoms with E-state index in [1.165, 1.54) is 11.3 Å². The summed E-state index contributed by atoms with van der Waals surface area (Å²) >= 11 is 1.17. The molecule has 2 amide bonds. The van der Waals surface area contributed by atoms with E-state index in [9.17, 15) is 9.59 Å². The Morgan fingerprint density at radius 1 is 1.33 bits per heavy atom. The summed E-state index contributed by atoms with van der Waals surface area (Å²) in [6.45, 7) is 7.35. The van der Waals surface area contributed by atoms with E-state index in [2.05, 4.69) is 24.5 Å². The minimum atomic E-state index is -0.620. The summed E-state index contributed by atoms with van der Waals surface area (Å²) in [5.74, 6) is -0.273. The van der Waals surface area contributed by atoms with Crippen molar-refractivity contribution >= 4 is 33.8 Å². The summed E-state index contributed by atoms with van der Waals surface area (Å²) in [6, 6.07) is 0. The summed E-state index contributed by atoms with van der Waals surface area (Å²) in [7, 11) is 0. The molecule has 0 spiro atoms. The van der Waals surface area contributed by atoms with Crippen LogP contribution in [0.2, 0.25) is 0 Å². The number of thiophene rings is 1. The van der Waals surface area contributed by atoms with Crippen LogP contribution in [0.5, 0.6) is 0 Å². The lowest BCUT2D eigenvalue weighted by atomic mass is 10.1. The van der Waals surface area contributed by atoms with Crippen molar-refractivity contribution in [1.29, 1.82) is 0 Å². The molecule has 1 aromatic rings. The molecule has 1 heterocycles. The number of anilines is 2. The van der Waals surface area contributed by atoms with Crippen molar-refractivity contribution in [1.82, 2.24) is 5.32 Å². The van der Waals surface area contributed by atoms with Gasteiger partial charge in [0.1, 0.15) is 9.88 Å². The van der Waals surface area contributed by atoms with E-state index in [0.717, 1.165) is 12.8 Å². The average Bonchev–Trinajstić information content (AvgIpc) is 2.72. The number of nitrogens with one attached hydrogen (secondary N) is 2. The van der Waals surface area contributed by atoms with Crippen LogP contribution in [-0.2, 0) is 0 Å². The predicted octanol–water partition coefficient (Wildman–Crippen LogP) is 2.03. The number of rotatable bonds is 8. The minimum absolute atomic E-state index is 0.157. The van der Waals surface area contributed by atoms with Crippen molar-refractivity contribution in [2.75, 3.05) is 24.1 Å². The number of nitrogen functional groups attached to an aromatic ring is 1. The summed E-state index contributed by atoms with van der Waals surface area (Å²) in [6.07, 6.45) is 2.06. The van der Waals surface area contributed by atoms with Gasteiger partial charge >= 0.3 is 0 Å². The maximum Gasteiger partial charge on any atom is 0.263 e. The van der Waals surface area contributed by atoms with Crippen LogP contribution in [0.1, 0.15) is 53.6 Å². The molecule has 0 aliphatic carbocycles. The first-order chi connectivity index (χ1) is 9.88. The summed E-state index contributed by atoms with van der Waals surface area (Å²) in [5, 5.41) is 6.42. The zero-order valence-electron chi connectivity index (χ0n) is 12.8. The van der Waals surface area contributed by atoms with E-state index in [0.29, 0.717) is 28.9 Å². The fourth-order valence-electron chi connectivity index (χ4n) is 1.93. The lowest BCUT2D eigenvalue weighted by molar-refractivity contribution is 0.0960. The van der Waals surface area contributed by atoms with Gasteiger partial charge < -0.3 is 22.1 Å². The van der Waals surface area contributed by atoms with Gasteiger partial charge in [-0.1, -0.05) is 13.8 Å². The Morgan fingerprint density at radius 2 is 2.00 bits per heavy atom. The van der Waals surface area contributed by atoms with E-state index >= 15 is 0 Å². The first-order valence-corrected chi connectivity index (χ1v) is 7.94. The molecule has 0 radical (unpaired) electrons. The molecule has 0 atom stereocenters. The molecule has 7 heteroatoms. The van der Waals surface area contributed by atoms with Crippen LogP contribution in [0.25, 0.3) is 0 Å². The highest BCUT2D eigenvalue weighted by atomic mass is 32.1. The van der Waals surface area contributed by atoms with Crippen molar-refractivity contribution in [2.45, 2.75) is 33.6 Å². The van der Waals surface area contributed by atoms with Crippen molar-refractivity contribution < 1.29 is 9.59 Å². The first kappa shape index (κ1) is 17.3. The molecular weight excluding hydrogens is 288 g/mol. The Hall–Kier alpha value is -1.76. The molecule has 1 aromatic heterocycles. The molecule has 1 rings (SSSR count). The maximum atomic E-state index is 11.9.